The van der Waals surface area contributed by atoms with Crippen LogP contribution in [-0.4, -0.2) is 10.9 Å². The van der Waals surface area contributed by atoms with Crippen molar-refractivity contribution in [1.82, 2.24) is 4.98 Å². The number of amides is 1. The zero-order valence-corrected chi connectivity index (χ0v) is 9.65. The summed E-state index contributed by atoms with van der Waals surface area (Å²) in [5, 5.41) is 2.67. The van der Waals surface area contributed by atoms with Crippen molar-refractivity contribution in [3.8, 4) is 0 Å². The van der Waals surface area contributed by atoms with E-state index in [9.17, 15) is 4.79 Å². The lowest BCUT2D eigenvalue weighted by Gasteiger charge is -2.04. The number of rotatable bonds is 2. The third-order valence-electron chi connectivity index (χ3n) is 2.39. The van der Waals surface area contributed by atoms with Crippen LogP contribution in [0.5, 0.6) is 0 Å². The summed E-state index contributed by atoms with van der Waals surface area (Å²) in [5.41, 5.74) is 7.59. The predicted octanol–water partition coefficient (Wildman–Crippen LogP) is 2.13. The fourth-order valence-corrected chi connectivity index (χ4v) is 1.39. The van der Waals surface area contributed by atoms with Gasteiger partial charge in [0, 0.05) is 0 Å². The molecule has 0 saturated carbocycles. The number of aryl methyl sites for hydroxylation is 2. The molecule has 0 spiro atoms. The summed E-state index contributed by atoms with van der Waals surface area (Å²) >= 11 is 0. The maximum atomic E-state index is 11.8. The smallest absolute Gasteiger partial charge is 0.260 e. The average Bonchev–Trinajstić information content (AvgIpc) is 2.70. The normalized spacial score (nSPS) is 10.2. The molecule has 0 fully saturated rings. The Morgan fingerprint density at radius 3 is 2.76 bits per heavy atom. The van der Waals surface area contributed by atoms with E-state index in [0.717, 1.165) is 5.56 Å². The number of nitrogens with zero attached hydrogens (tertiary/aromatic N) is 1. The molecule has 1 amide bonds. The van der Waals surface area contributed by atoms with Gasteiger partial charge in [0.15, 0.2) is 0 Å². The highest BCUT2D eigenvalue weighted by Crippen LogP contribution is 2.14. The molecule has 0 atom stereocenters. The third kappa shape index (κ3) is 2.44. The number of nitrogen functional groups attached to an aromatic ring is 1. The number of nitrogens with two attached hydrogens (primary N) is 1. The van der Waals surface area contributed by atoms with Crippen LogP contribution in [-0.2, 0) is 0 Å². The number of anilines is 2. The van der Waals surface area contributed by atoms with Crippen LogP contribution < -0.4 is 11.1 Å². The van der Waals surface area contributed by atoms with Crippen LogP contribution >= 0.6 is 0 Å². The minimum absolute atomic E-state index is 0.251. The van der Waals surface area contributed by atoms with E-state index in [-0.39, 0.29) is 5.91 Å². The van der Waals surface area contributed by atoms with Crippen molar-refractivity contribution in [3.05, 3.63) is 41.5 Å². The summed E-state index contributed by atoms with van der Waals surface area (Å²) in [6, 6.07) is 3.39. The van der Waals surface area contributed by atoms with Crippen LogP contribution in [0.4, 0.5) is 11.5 Å². The van der Waals surface area contributed by atoms with Gasteiger partial charge < -0.3 is 15.5 Å². The van der Waals surface area contributed by atoms with E-state index in [1.807, 2.05) is 6.92 Å². The second-order valence-electron chi connectivity index (χ2n) is 3.83. The molecule has 0 aromatic carbocycles. The van der Waals surface area contributed by atoms with Crippen LogP contribution in [0.1, 0.15) is 21.7 Å². The Balaban J connectivity index is 2.15. The van der Waals surface area contributed by atoms with Crippen molar-refractivity contribution < 1.29 is 9.21 Å². The number of hydrogen-bond acceptors (Lipinski definition) is 4. The van der Waals surface area contributed by atoms with E-state index in [1.165, 1.54) is 12.5 Å². The van der Waals surface area contributed by atoms with Gasteiger partial charge in [-0.25, -0.2) is 4.98 Å². The molecule has 88 valence electrons. The van der Waals surface area contributed by atoms with Crippen LogP contribution in [0, 0.1) is 13.8 Å². The van der Waals surface area contributed by atoms with E-state index in [1.54, 1.807) is 19.1 Å². The standard InChI is InChI=1S/C12H13N3O2/c1-7-3-11(14-5-10(7)13)15-12(16)9-4-8(2)17-6-9/h3-6H,13H2,1-2H3,(H,14,15,16). The zero-order chi connectivity index (χ0) is 12.4. The summed E-state index contributed by atoms with van der Waals surface area (Å²) in [6.07, 6.45) is 2.93. The lowest BCUT2D eigenvalue weighted by atomic mass is 10.2. The van der Waals surface area contributed by atoms with Gasteiger partial charge in [-0.2, -0.15) is 0 Å². The van der Waals surface area contributed by atoms with Crippen LogP contribution in [0.15, 0.2) is 29.0 Å². The highest BCUT2D eigenvalue weighted by atomic mass is 16.3. The third-order valence-corrected chi connectivity index (χ3v) is 2.39. The van der Waals surface area contributed by atoms with Gasteiger partial charge in [-0.05, 0) is 31.5 Å². The van der Waals surface area contributed by atoms with E-state index in [0.29, 0.717) is 22.8 Å². The summed E-state index contributed by atoms with van der Waals surface area (Å²) in [4.78, 5) is 15.8. The Morgan fingerprint density at radius 1 is 1.41 bits per heavy atom. The Morgan fingerprint density at radius 2 is 2.18 bits per heavy atom. The van der Waals surface area contributed by atoms with Crippen molar-refractivity contribution in [2.45, 2.75) is 13.8 Å². The van der Waals surface area contributed by atoms with Crippen LogP contribution in [0.3, 0.4) is 0 Å². The molecular formula is C12H13N3O2. The highest BCUT2D eigenvalue weighted by Gasteiger charge is 2.09. The van der Waals surface area contributed by atoms with Gasteiger partial charge in [-0.15, -0.1) is 0 Å². The monoisotopic (exact) mass is 231 g/mol. The van der Waals surface area contributed by atoms with Crippen molar-refractivity contribution in [2.24, 2.45) is 0 Å². The molecule has 2 rings (SSSR count). The molecule has 5 nitrogen and oxygen atoms in total. The number of hydrogen-bond donors (Lipinski definition) is 2. The first-order valence-corrected chi connectivity index (χ1v) is 5.15. The first kappa shape index (κ1) is 11.2. The Kier molecular flexibility index (Phi) is 2.82. The minimum atomic E-state index is -0.251. The molecule has 17 heavy (non-hydrogen) atoms. The number of carbonyl (C=O) groups excluding carboxylic acids is 1. The van der Waals surface area contributed by atoms with Crippen LogP contribution in [0.25, 0.3) is 0 Å². The Labute approximate surface area is 98.6 Å². The zero-order valence-electron chi connectivity index (χ0n) is 9.65. The molecule has 0 unspecified atom stereocenters. The van der Waals surface area contributed by atoms with Gasteiger partial charge >= 0.3 is 0 Å². The van der Waals surface area contributed by atoms with Crippen LogP contribution in [0.2, 0.25) is 0 Å². The van der Waals surface area contributed by atoms with Gasteiger partial charge in [0.05, 0.1) is 17.4 Å². The maximum Gasteiger partial charge on any atom is 0.260 e. The van der Waals surface area contributed by atoms with E-state index >= 15 is 0 Å². The Bertz CT molecular complexity index is 561. The molecule has 0 bridgehead atoms. The van der Waals surface area contributed by atoms with Gasteiger partial charge in [0.25, 0.3) is 5.91 Å². The van der Waals surface area contributed by atoms with Gasteiger partial charge in [0.2, 0.25) is 0 Å². The first-order chi connectivity index (χ1) is 8.06. The van der Waals surface area contributed by atoms with Gasteiger partial charge in [0.1, 0.15) is 17.8 Å². The van der Waals surface area contributed by atoms with Crippen molar-refractivity contribution in [3.63, 3.8) is 0 Å². The minimum Gasteiger partial charge on any atom is -0.469 e. The second-order valence-corrected chi connectivity index (χ2v) is 3.83. The molecule has 3 N–H and O–H groups in total. The largest absolute Gasteiger partial charge is 0.469 e. The fraction of sp³-hybridized carbons (Fsp3) is 0.167. The number of nitrogens with one attached hydrogen (secondary N) is 1. The van der Waals surface area contributed by atoms with Gasteiger partial charge in [-0.3, -0.25) is 4.79 Å². The predicted molar refractivity (Wildman–Crippen MR) is 64.8 cm³/mol. The van der Waals surface area contributed by atoms with E-state index < -0.39 is 0 Å². The molecular weight excluding hydrogens is 218 g/mol. The maximum absolute atomic E-state index is 11.8. The molecule has 0 aliphatic rings. The molecule has 2 aromatic rings. The molecule has 2 aromatic heterocycles. The molecule has 0 saturated heterocycles. The molecule has 5 heteroatoms. The second kappa shape index (κ2) is 4.29. The lowest BCUT2D eigenvalue weighted by molar-refractivity contribution is 0.102. The fourth-order valence-electron chi connectivity index (χ4n) is 1.39. The molecule has 0 aliphatic carbocycles. The van der Waals surface area contributed by atoms with Crippen molar-refractivity contribution >= 4 is 17.4 Å². The number of carbonyl (C=O) groups is 1. The highest BCUT2D eigenvalue weighted by molar-refractivity contribution is 6.03. The number of furan rings is 1. The summed E-state index contributed by atoms with van der Waals surface area (Å²) < 4.78 is 5.06. The molecule has 0 aliphatic heterocycles. The van der Waals surface area contributed by atoms with E-state index in [2.05, 4.69) is 10.3 Å². The summed E-state index contributed by atoms with van der Waals surface area (Å²) in [6.45, 7) is 3.64. The SMILES string of the molecule is Cc1cc(C(=O)Nc2cc(C)c(N)cn2)co1. The topological polar surface area (TPSA) is 81.2 Å². The quantitative estimate of drug-likeness (QED) is 0.829. The van der Waals surface area contributed by atoms with Crippen molar-refractivity contribution in [1.29, 1.82) is 0 Å². The summed E-state index contributed by atoms with van der Waals surface area (Å²) in [7, 11) is 0. The molecule has 2 heterocycles. The number of pyridine rings is 1. The van der Waals surface area contributed by atoms with Crippen molar-refractivity contribution in [2.75, 3.05) is 11.1 Å². The van der Waals surface area contributed by atoms with E-state index in [4.69, 9.17) is 10.2 Å². The summed E-state index contributed by atoms with van der Waals surface area (Å²) in [5.74, 6) is 0.913. The number of aromatic nitrogens is 1. The first-order valence-electron chi connectivity index (χ1n) is 5.15. The Hall–Kier alpha value is -2.30. The lowest BCUT2D eigenvalue weighted by Crippen LogP contribution is -2.12. The molecule has 0 radical (unpaired) electrons. The average molecular weight is 231 g/mol. The van der Waals surface area contributed by atoms with Gasteiger partial charge in [-0.1, -0.05) is 0 Å².